The summed E-state index contributed by atoms with van der Waals surface area (Å²) < 4.78 is 24.1. The van der Waals surface area contributed by atoms with Gasteiger partial charge < -0.3 is 18.9 Å². The lowest BCUT2D eigenvalue weighted by molar-refractivity contribution is -0.143. The number of fused-ring (bicyclic) bond motifs is 1. The van der Waals surface area contributed by atoms with Crippen LogP contribution < -0.4 is 18.9 Å². The lowest BCUT2D eigenvalue weighted by atomic mass is 9.86. The predicted octanol–water partition coefficient (Wildman–Crippen LogP) is 8.37. The van der Waals surface area contributed by atoms with E-state index in [4.69, 9.17) is 18.9 Å². The SMILES string of the molecule is CC1=C(c2ccc(OC(=O)C(C)(C)C)cc2)[C@H](c2ccc(OCCN3CC[C@@H](C)C3)cc2)Oc2cc(OC(=O)C(C)(C)C)ccc21. The number of hydrogen-bond acceptors (Lipinski definition) is 7. The van der Waals surface area contributed by atoms with Crippen LogP contribution in [0, 0.1) is 16.7 Å². The number of allylic oxidation sites excluding steroid dienone is 1. The zero-order valence-electron chi connectivity index (χ0n) is 28.4. The summed E-state index contributed by atoms with van der Waals surface area (Å²) in [6.07, 6.45) is 0.809. The van der Waals surface area contributed by atoms with E-state index < -0.39 is 16.9 Å². The number of rotatable bonds is 8. The highest BCUT2D eigenvalue weighted by molar-refractivity contribution is 5.96. The molecule has 1 fully saturated rings. The standard InChI is InChI=1S/C39H47NO6/c1-25-19-20-40(24-25)21-22-43-29-13-11-28(12-14-29)35-34(27-9-15-30(16-10-27)44-36(41)38(3,4)5)26(2)32-18-17-31(23-33(32)46-35)45-37(42)39(6,7)8/h9-18,23,25,35H,19-22,24H2,1-8H3/t25-,35+/m1/s1. The minimum Gasteiger partial charge on any atom is -0.492 e. The van der Waals surface area contributed by atoms with Gasteiger partial charge in [-0.1, -0.05) is 31.2 Å². The molecular weight excluding hydrogens is 578 g/mol. The van der Waals surface area contributed by atoms with Gasteiger partial charge >= 0.3 is 11.9 Å². The highest BCUT2D eigenvalue weighted by atomic mass is 16.5. The van der Waals surface area contributed by atoms with Gasteiger partial charge in [0.1, 0.15) is 35.7 Å². The summed E-state index contributed by atoms with van der Waals surface area (Å²) in [6.45, 7) is 19.2. The first-order chi connectivity index (χ1) is 21.7. The van der Waals surface area contributed by atoms with Crippen LogP contribution in [-0.4, -0.2) is 43.1 Å². The average Bonchev–Trinajstić information content (AvgIpc) is 3.41. The number of likely N-dealkylation sites (tertiary alicyclic amines) is 1. The van der Waals surface area contributed by atoms with Crippen molar-refractivity contribution in [1.82, 2.24) is 4.90 Å². The first-order valence-corrected chi connectivity index (χ1v) is 16.2. The fourth-order valence-corrected chi connectivity index (χ4v) is 5.59. The molecule has 0 amide bonds. The Morgan fingerprint density at radius 1 is 0.826 bits per heavy atom. The lowest BCUT2D eigenvalue weighted by Gasteiger charge is -2.31. The Bertz CT molecular complexity index is 1590. The number of carbonyl (C=O) groups excluding carboxylic acids is 2. The third-order valence-corrected chi connectivity index (χ3v) is 8.45. The smallest absolute Gasteiger partial charge is 0.316 e. The Kier molecular flexibility index (Phi) is 9.64. The van der Waals surface area contributed by atoms with Crippen molar-refractivity contribution in [2.24, 2.45) is 16.7 Å². The molecule has 2 aliphatic rings. The minimum absolute atomic E-state index is 0.288. The first kappa shape index (κ1) is 33.3. The van der Waals surface area contributed by atoms with E-state index in [0.717, 1.165) is 59.1 Å². The molecule has 0 aliphatic carbocycles. The van der Waals surface area contributed by atoms with Crippen LogP contribution >= 0.6 is 0 Å². The third-order valence-electron chi connectivity index (χ3n) is 8.45. The molecule has 0 spiro atoms. The summed E-state index contributed by atoms with van der Waals surface area (Å²) in [5, 5.41) is 0. The number of hydrogen-bond donors (Lipinski definition) is 0. The third kappa shape index (κ3) is 7.81. The van der Waals surface area contributed by atoms with Gasteiger partial charge in [-0.25, -0.2) is 0 Å². The minimum atomic E-state index is -0.633. The van der Waals surface area contributed by atoms with Crippen molar-refractivity contribution < 1.29 is 28.5 Å². The van der Waals surface area contributed by atoms with Gasteiger partial charge in [0.2, 0.25) is 0 Å². The molecule has 7 heteroatoms. The summed E-state index contributed by atoms with van der Waals surface area (Å²) in [4.78, 5) is 27.5. The Morgan fingerprint density at radius 3 is 2.00 bits per heavy atom. The van der Waals surface area contributed by atoms with Crippen molar-refractivity contribution in [2.75, 3.05) is 26.2 Å². The molecule has 0 saturated carbocycles. The summed E-state index contributed by atoms with van der Waals surface area (Å²) >= 11 is 0. The van der Waals surface area contributed by atoms with E-state index >= 15 is 0 Å². The lowest BCUT2D eigenvalue weighted by Crippen LogP contribution is -2.26. The molecule has 2 heterocycles. The Hall–Kier alpha value is -4.10. The zero-order chi connectivity index (χ0) is 33.2. The number of nitrogens with zero attached hydrogens (tertiary/aromatic N) is 1. The van der Waals surface area contributed by atoms with Gasteiger partial charge in [0.15, 0.2) is 0 Å². The molecule has 5 rings (SSSR count). The summed E-state index contributed by atoms with van der Waals surface area (Å²) in [6, 6.07) is 21.1. The molecule has 0 N–H and O–H groups in total. The monoisotopic (exact) mass is 625 g/mol. The molecule has 46 heavy (non-hydrogen) atoms. The van der Waals surface area contributed by atoms with Crippen LogP contribution in [0.25, 0.3) is 11.1 Å². The maximum Gasteiger partial charge on any atom is 0.316 e. The van der Waals surface area contributed by atoms with Gasteiger partial charge in [0.25, 0.3) is 0 Å². The molecule has 0 bridgehead atoms. The molecule has 0 unspecified atom stereocenters. The second-order valence-corrected chi connectivity index (χ2v) is 14.6. The zero-order valence-corrected chi connectivity index (χ0v) is 28.4. The van der Waals surface area contributed by atoms with Crippen LogP contribution in [0.5, 0.6) is 23.0 Å². The number of benzene rings is 3. The molecule has 244 valence electrons. The first-order valence-electron chi connectivity index (χ1n) is 16.2. The van der Waals surface area contributed by atoms with E-state index in [0.29, 0.717) is 23.9 Å². The van der Waals surface area contributed by atoms with Crippen molar-refractivity contribution in [3.8, 4) is 23.0 Å². The maximum absolute atomic E-state index is 12.6. The van der Waals surface area contributed by atoms with E-state index in [9.17, 15) is 9.59 Å². The highest BCUT2D eigenvalue weighted by Crippen LogP contribution is 2.48. The van der Waals surface area contributed by atoms with Crippen LogP contribution in [0.1, 0.15) is 84.6 Å². The highest BCUT2D eigenvalue weighted by Gasteiger charge is 2.31. The van der Waals surface area contributed by atoms with E-state index in [1.807, 2.05) is 96.1 Å². The Morgan fingerprint density at radius 2 is 1.41 bits per heavy atom. The van der Waals surface area contributed by atoms with Gasteiger partial charge in [-0.3, -0.25) is 14.5 Å². The molecule has 0 aromatic heterocycles. The van der Waals surface area contributed by atoms with Crippen LogP contribution in [0.15, 0.2) is 66.7 Å². The average molecular weight is 626 g/mol. The number of esters is 2. The normalized spacial score (nSPS) is 18.5. The van der Waals surface area contributed by atoms with Crippen molar-refractivity contribution in [3.05, 3.63) is 83.4 Å². The van der Waals surface area contributed by atoms with Gasteiger partial charge in [-0.2, -0.15) is 0 Å². The number of carbonyl (C=O) groups is 2. The van der Waals surface area contributed by atoms with E-state index in [1.165, 1.54) is 6.42 Å². The molecular formula is C39H47NO6. The summed E-state index contributed by atoms with van der Waals surface area (Å²) in [5.41, 5.74) is 3.63. The van der Waals surface area contributed by atoms with Crippen molar-refractivity contribution in [1.29, 1.82) is 0 Å². The molecule has 0 radical (unpaired) electrons. The second kappa shape index (κ2) is 13.3. The molecule has 1 saturated heterocycles. The van der Waals surface area contributed by atoms with Gasteiger partial charge in [-0.15, -0.1) is 0 Å². The molecule has 2 aliphatic heterocycles. The molecule has 7 nitrogen and oxygen atoms in total. The second-order valence-electron chi connectivity index (χ2n) is 14.6. The van der Waals surface area contributed by atoms with E-state index in [2.05, 4.69) is 18.7 Å². The summed E-state index contributed by atoms with van der Waals surface area (Å²) in [7, 11) is 0. The van der Waals surface area contributed by atoms with Crippen molar-refractivity contribution >= 4 is 23.1 Å². The van der Waals surface area contributed by atoms with Crippen LogP contribution in [-0.2, 0) is 9.59 Å². The number of ether oxygens (including phenoxy) is 4. The summed E-state index contributed by atoms with van der Waals surface area (Å²) in [5.74, 6) is 2.54. The van der Waals surface area contributed by atoms with E-state index in [-0.39, 0.29) is 11.9 Å². The van der Waals surface area contributed by atoms with Crippen molar-refractivity contribution in [3.63, 3.8) is 0 Å². The fraction of sp³-hybridized carbons (Fsp3) is 0.436. The predicted molar refractivity (Wildman–Crippen MR) is 181 cm³/mol. The van der Waals surface area contributed by atoms with E-state index in [1.54, 1.807) is 12.1 Å². The van der Waals surface area contributed by atoms with Crippen LogP contribution in [0.2, 0.25) is 0 Å². The molecule has 3 aromatic carbocycles. The Labute approximate surface area is 273 Å². The van der Waals surface area contributed by atoms with Gasteiger partial charge in [0, 0.05) is 30.3 Å². The molecule has 2 atom stereocenters. The maximum atomic E-state index is 12.6. The van der Waals surface area contributed by atoms with Gasteiger partial charge in [-0.05, 0) is 120 Å². The quantitative estimate of drug-likeness (QED) is 0.184. The van der Waals surface area contributed by atoms with Crippen LogP contribution in [0.3, 0.4) is 0 Å². The van der Waals surface area contributed by atoms with Gasteiger partial charge in [0.05, 0.1) is 10.8 Å². The largest absolute Gasteiger partial charge is 0.492 e. The van der Waals surface area contributed by atoms with Crippen molar-refractivity contribution in [2.45, 2.75) is 67.9 Å². The Balaban J connectivity index is 1.43. The topological polar surface area (TPSA) is 74.3 Å². The molecule has 3 aromatic rings. The van der Waals surface area contributed by atoms with Crippen LogP contribution in [0.4, 0.5) is 0 Å². The fourth-order valence-electron chi connectivity index (χ4n) is 5.59.